The summed E-state index contributed by atoms with van der Waals surface area (Å²) in [5.41, 5.74) is 3.55. The predicted octanol–water partition coefficient (Wildman–Crippen LogP) is 2.26. The highest BCUT2D eigenvalue weighted by Crippen LogP contribution is 2.33. The van der Waals surface area contributed by atoms with Gasteiger partial charge in [-0.15, -0.1) is 10.2 Å². The number of aromatic nitrogens is 2. The van der Waals surface area contributed by atoms with Crippen molar-refractivity contribution in [3.63, 3.8) is 0 Å². The molecule has 0 bridgehead atoms. The third kappa shape index (κ3) is 3.70. The van der Waals surface area contributed by atoms with Crippen molar-refractivity contribution >= 4 is 0 Å². The number of rotatable bonds is 4. The minimum absolute atomic E-state index is 0.194. The molecule has 1 aromatic heterocycles. The van der Waals surface area contributed by atoms with Crippen molar-refractivity contribution in [2.45, 2.75) is 37.8 Å². The summed E-state index contributed by atoms with van der Waals surface area (Å²) in [7, 11) is 0. The number of hydrogen-bond donors (Lipinski definition) is 3. The van der Waals surface area contributed by atoms with E-state index in [4.69, 9.17) is 9.15 Å². The van der Waals surface area contributed by atoms with E-state index >= 15 is 0 Å². The molecule has 3 N–H and O–H groups in total. The van der Waals surface area contributed by atoms with E-state index in [1.807, 2.05) is 48.5 Å². The number of nitrogens with zero attached hydrogens (tertiary/aromatic N) is 2. The second-order valence-corrected chi connectivity index (χ2v) is 6.98. The first-order chi connectivity index (χ1) is 13.5. The summed E-state index contributed by atoms with van der Waals surface area (Å²) in [5, 5.41) is 37.6. The molecule has 0 aliphatic carbocycles. The minimum atomic E-state index is -1.03. The molecular formula is C21H22N2O5. The lowest BCUT2D eigenvalue weighted by Gasteiger charge is -2.36. The summed E-state index contributed by atoms with van der Waals surface area (Å²) in [6, 6.07) is 15.4. The molecule has 0 saturated carbocycles. The van der Waals surface area contributed by atoms with Crippen molar-refractivity contribution in [3.05, 3.63) is 60.0 Å². The summed E-state index contributed by atoms with van der Waals surface area (Å²) in [6.45, 7) is 1.55. The maximum Gasteiger partial charge on any atom is 0.247 e. The third-order valence-electron chi connectivity index (χ3n) is 4.96. The van der Waals surface area contributed by atoms with E-state index in [0.717, 1.165) is 22.3 Å². The lowest BCUT2D eigenvalue weighted by molar-refractivity contribution is -0.179. The summed E-state index contributed by atoms with van der Waals surface area (Å²) in [6.07, 6.45) is -2.91. The highest BCUT2D eigenvalue weighted by molar-refractivity contribution is 5.69. The maximum atomic E-state index is 10.3. The molecule has 4 atom stereocenters. The van der Waals surface area contributed by atoms with Crippen LogP contribution in [0.15, 0.2) is 52.9 Å². The zero-order chi connectivity index (χ0) is 19.7. The normalized spacial score (nSPS) is 25.0. The molecule has 0 spiro atoms. The molecule has 28 heavy (non-hydrogen) atoms. The molecule has 0 unspecified atom stereocenters. The summed E-state index contributed by atoms with van der Waals surface area (Å²) in [4.78, 5) is 0. The van der Waals surface area contributed by atoms with Gasteiger partial charge < -0.3 is 24.5 Å². The number of aliphatic hydroxyl groups is 3. The molecule has 4 rings (SSSR count). The van der Waals surface area contributed by atoms with Gasteiger partial charge in [0.05, 0.1) is 18.8 Å². The van der Waals surface area contributed by atoms with Crippen molar-refractivity contribution < 1.29 is 24.5 Å². The highest BCUT2D eigenvalue weighted by atomic mass is 16.5. The smallest absolute Gasteiger partial charge is 0.247 e. The minimum Gasteiger partial charge on any atom is -0.421 e. The molecule has 2 aromatic carbocycles. The first-order valence-electron chi connectivity index (χ1n) is 9.18. The van der Waals surface area contributed by atoms with E-state index < -0.39 is 24.4 Å². The van der Waals surface area contributed by atoms with Crippen LogP contribution in [0.4, 0.5) is 0 Å². The van der Waals surface area contributed by atoms with Crippen LogP contribution in [-0.2, 0) is 4.74 Å². The van der Waals surface area contributed by atoms with Crippen LogP contribution in [-0.4, -0.2) is 50.4 Å². The van der Waals surface area contributed by atoms with Crippen LogP contribution in [0.25, 0.3) is 22.6 Å². The van der Waals surface area contributed by atoms with E-state index in [2.05, 4.69) is 10.2 Å². The number of aliphatic hydroxyl groups excluding tert-OH is 3. The van der Waals surface area contributed by atoms with Gasteiger partial charge in [0.2, 0.25) is 11.8 Å². The zero-order valence-corrected chi connectivity index (χ0v) is 15.4. The Kier molecular flexibility index (Phi) is 5.23. The summed E-state index contributed by atoms with van der Waals surface area (Å²) in [5.74, 6) is 0.984. The van der Waals surface area contributed by atoms with Gasteiger partial charge in [-0.3, -0.25) is 0 Å². The quantitative estimate of drug-likeness (QED) is 0.635. The molecule has 0 amide bonds. The summed E-state index contributed by atoms with van der Waals surface area (Å²) < 4.78 is 11.2. The monoisotopic (exact) mass is 382 g/mol. The van der Waals surface area contributed by atoms with Crippen molar-refractivity contribution in [2.24, 2.45) is 0 Å². The second-order valence-electron chi connectivity index (χ2n) is 6.98. The SMILES string of the molecule is Cc1nnc(-c2cccc(-c3ccc([C@H]4O[C@H](CO)C[C@H](O)[C@@H]4O)cc3)c2)o1. The molecule has 0 radical (unpaired) electrons. The third-order valence-corrected chi connectivity index (χ3v) is 4.96. The van der Waals surface area contributed by atoms with Crippen molar-refractivity contribution in [1.29, 1.82) is 0 Å². The van der Waals surface area contributed by atoms with Gasteiger partial charge in [-0.1, -0.05) is 36.4 Å². The van der Waals surface area contributed by atoms with E-state index in [-0.39, 0.29) is 13.0 Å². The first-order valence-corrected chi connectivity index (χ1v) is 9.18. The molecular weight excluding hydrogens is 360 g/mol. The molecule has 1 aliphatic heterocycles. The van der Waals surface area contributed by atoms with Crippen LogP contribution < -0.4 is 0 Å². The van der Waals surface area contributed by atoms with Crippen LogP contribution in [0.3, 0.4) is 0 Å². The second kappa shape index (κ2) is 7.81. The van der Waals surface area contributed by atoms with Crippen LogP contribution in [0.2, 0.25) is 0 Å². The van der Waals surface area contributed by atoms with Gasteiger partial charge in [0.15, 0.2) is 0 Å². The number of ether oxygens (including phenoxy) is 1. The van der Waals surface area contributed by atoms with Crippen LogP contribution in [0.1, 0.15) is 24.0 Å². The molecule has 3 aromatic rings. The Bertz CT molecular complexity index is 940. The Labute approximate surface area is 162 Å². The van der Waals surface area contributed by atoms with Crippen molar-refractivity contribution in [1.82, 2.24) is 10.2 Å². The Morgan fingerprint density at radius 1 is 1.00 bits per heavy atom. The standard InChI is InChI=1S/C21H22N2O5/c1-12-22-23-21(27-12)16-4-2-3-15(9-16)13-5-7-14(8-6-13)20-19(26)18(25)10-17(11-24)28-20/h2-9,17-20,24-26H,10-11H2,1H3/t17-,18-,19-,20+/m0/s1. The van der Waals surface area contributed by atoms with Gasteiger partial charge in [-0.25, -0.2) is 0 Å². The van der Waals surface area contributed by atoms with Crippen LogP contribution in [0, 0.1) is 6.92 Å². The van der Waals surface area contributed by atoms with Gasteiger partial charge in [0, 0.05) is 18.9 Å². The Balaban J connectivity index is 1.58. The summed E-state index contributed by atoms with van der Waals surface area (Å²) >= 11 is 0. The fraction of sp³-hybridized carbons (Fsp3) is 0.333. The Morgan fingerprint density at radius 2 is 1.75 bits per heavy atom. The predicted molar refractivity (Wildman–Crippen MR) is 101 cm³/mol. The van der Waals surface area contributed by atoms with Crippen LogP contribution >= 0.6 is 0 Å². The van der Waals surface area contributed by atoms with Gasteiger partial charge in [-0.2, -0.15) is 0 Å². The van der Waals surface area contributed by atoms with E-state index in [1.165, 1.54) is 0 Å². The maximum absolute atomic E-state index is 10.3. The molecule has 2 heterocycles. The number of hydrogen-bond acceptors (Lipinski definition) is 7. The van der Waals surface area contributed by atoms with Crippen LogP contribution in [0.5, 0.6) is 0 Å². The van der Waals surface area contributed by atoms with E-state index in [9.17, 15) is 15.3 Å². The lowest BCUT2D eigenvalue weighted by atomic mass is 9.92. The number of benzene rings is 2. The van der Waals surface area contributed by atoms with Crippen molar-refractivity contribution in [2.75, 3.05) is 6.61 Å². The van der Waals surface area contributed by atoms with E-state index in [1.54, 1.807) is 6.92 Å². The highest BCUT2D eigenvalue weighted by Gasteiger charge is 2.37. The first kappa shape index (κ1) is 18.8. The molecule has 1 fully saturated rings. The molecule has 146 valence electrons. The van der Waals surface area contributed by atoms with Gasteiger partial charge in [0.1, 0.15) is 12.2 Å². The Morgan fingerprint density at radius 3 is 2.43 bits per heavy atom. The van der Waals surface area contributed by atoms with E-state index in [0.29, 0.717) is 11.8 Å². The molecule has 7 nitrogen and oxygen atoms in total. The average molecular weight is 382 g/mol. The fourth-order valence-electron chi connectivity index (χ4n) is 3.46. The van der Waals surface area contributed by atoms with Crippen molar-refractivity contribution in [3.8, 4) is 22.6 Å². The molecule has 1 aliphatic rings. The van der Waals surface area contributed by atoms with Gasteiger partial charge in [0.25, 0.3) is 0 Å². The largest absolute Gasteiger partial charge is 0.421 e. The topological polar surface area (TPSA) is 109 Å². The lowest BCUT2D eigenvalue weighted by Crippen LogP contribution is -2.44. The van der Waals surface area contributed by atoms with Gasteiger partial charge >= 0.3 is 0 Å². The number of aryl methyl sites for hydroxylation is 1. The Hall–Kier alpha value is -2.58. The molecule has 7 heteroatoms. The van der Waals surface area contributed by atoms with Gasteiger partial charge in [-0.05, 0) is 28.8 Å². The fourth-order valence-corrected chi connectivity index (χ4v) is 3.46. The average Bonchev–Trinajstić information content (AvgIpc) is 3.16. The molecule has 1 saturated heterocycles. The zero-order valence-electron chi connectivity index (χ0n) is 15.4.